The van der Waals surface area contributed by atoms with Gasteiger partial charge < -0.3 is 11.1 Å². The Morgan fingerprint density at radius 2 is 2.00 bits per heavy atom. The van der Waals surface area contributed by atoms with Gasteiger partial charge in [-0.15, -0.1) is 0 Å². The standard InChI is InChI=1S/C14H21FN2/c1-2-10-6-8-11(9-7-10)17-13-5-3-4-12(15)14(13)16/h3-5,10-11,17H,2,6-9,16H2,1H3. The lowest BCUT2D eigenvalue weighted by Gasteiger charge is -2.29. The molecule has 3 N–H and O–H groups in total. The van der Waals surface area contributed by atoms with Crippen molar-refractivity contribution < 1.29 is 4.39 Å². The number of para-hydroxylation sites is 1. The van der Waals surface area contributed by atoms with E-state index in [1.165, 1.54) is 25.3 Å². The summed E-state index contributed by atoms with van der Waals surface area (Å²) in [7, 11) is 0. The Labute approximate surface area is 102 Å². The van der Waals surface area contributed by atoms with Gasteiger partial charge in [0.05, 0.1) is 11.4 Å². The molecule has 0 aromatic heterocycles. The number of nitrogens with one attached hydrogen (secondary N) is 1. The molecule has 0 radical (unpaired) electrons. The van der Waals surface area contributed by atoms with Crippen molar-refractivity contribution in [2.45, 2.75) is 45.1 Å². The fourth-order valence-corrected chi connectivity index (χ4v) is 2.60. The van der Waals surface area contributed by atoms with Crippen LogP contribution in [0.2, 0.25) is 0 Å². The van der Waals surface area contributed by atoms with Gasteiger partial charge in [0.15, 0.2) is 0 Å². The molecule has 0 aliphatic heterocycles. The lowest BCUT2D eigenvalue weighted by Crippen LogP contribution is -2.26. The highest BCUT2D eigenvalue weighted by molar-refractivity contribution is 5.66. The smallest absolute Gasteiger partial charge is 0.148 e. The molecule has 94 valence electrons. The average Bonchev–Trinajstić information content (AvgIpc) is 2.36. The Morgan fingerprint density at radius 3 is 2.65 bits per heavy atom. The molecular formula is C14H21FN2. The van der Waals surface area contributed by atoms with E-state index in [4.69, 9.17) is 5.73 Å². The molecular weight excluding hydrogens is 215 g/mol. The molecule has 1 aliphatic rings. The second-order valence-corrected chi connectivity index (χ2v) is 4.97. The van der Waals surface area contributed by atoms with Crippen LogP contribution in [0.5, 0.6) is 0 Å². The molecule has 0 heterocycles. The molecule has 0 unspecified atom stereocenters. The minimum atomic E-state index is -0.336. The van der Waals surface area contributed by atoms with Gasteiger partial charge in [0.25, 0.3) is 0 Å². The predicted octanol–water partition coefficient (Wildman–Crippen LogP) is 3.79. The quantitative estimate of drug-likeness (QED) is 0.784. The zero-order chi connectivity index (χ0) is 12.3. The van der Waals surface area contributed by atoms with Gasteiger partial charge in [0.1, 0.15) is 5.82 Å². The van der Waals surface area contributed by atoms with Crippen LogP contribution in [-0.4, -0.2) is 6.04 Å². The van der Waals surface area contributed by atoms with E-state index in [9.17, 15) is 4.39 Å². The van der Waals surface area contributed by atoms with Gasteiger partial charge in [-0.1, -0.05) is 19.4 Å². The van der Waals surface area contributed by atoms with Crippen molar-refractivity contribution in [1.82, 2.24) is 0 Å². The average molecular weight is 236 g/mol. The van der Waals surface area contributed by atoms with Crippen molar-refractivity contribution in [3.05, 3.63) is 24.0 Å². The summed E-state index contributed by atoms with van der Waals surface area (Å²) in [5.74, 6) is 0.537. The summed E-state index contributed by atoms with van der Waals surface area (Å²) in [5.41, 5.74) is 6.70. The number of rotatable bonds is 3. The number of nitrogen functional groups attached to an aromatic ring is 1. The molecule has 0 atom stereocenters. The van der Waals surface area contributed by atoms with Crippen LogP contribution in [0.1, 0.15) is 39.0 Å². The number of benzene rings is 1. The monoisotopic (exact) mass is 236 g/mol. The summed E-state index contributed by atoms with van der Waals surface area (Å²) < 4.78 is 13.3. The van der Waals surface area contributed by atoms with Gasteiger partial charge in [0, 0.05) is 6.04 Å². The van der Waals surface area contributed by atoms with E-state index in [2.05, 4.69) is 12.2 Å². The van der Waals surface area contributed by atoms with Crippen molar-refractivity contribution in [1.29, 1.82) is 0 Å². The summed E-state index contributed by atoms with van der Waals surface area (Å²) >= 11 is 0. The van der Waals surface area contributed by atoms with Gasteiger partial charge in [-0.2, -0.15) is 0 Å². The second kappa shape index (κ2) is 5.39. The minimum Gasteiger partial charge on any atom is -0.395 e. The van der Waals surface area contributed by atoms with Gasteiger partial charge >= 0.3 is 0 Å². The molecule has 1 aromatic rings. The number of hydrogen-bond acceptors (Lipinski definition) is 2. The molecule has 0 saturated heterocycles. The Kier molecular flexibility index (Phi) is 3.87. The SMILES string of the molecule is CCC1CCC(Nc2cccc(F)c2N)CC1. The van der Waals surface area contributed by atoms with Crippen molar-refractivity contribution >= 4 is 11.4 Å². The van der Waals surface area contributed by atoms with Crippen LogP contribution in [0.25, 0.3) is 0 Å². The Balaban J connectivity index is 1.95. The molecule has 2 nitrogen and oxygen atoms in total. The van der Waals surface area contributed by atoms with E-state index in [-0.39, 0.29) is 11.5 Å². The molecule has 3 heteroatoms. The summed E-state index contributed by atoms with van der Waals surface area (Å²) in [6, 6.07) is 5.40. The first-order chi connectivity index (χ1) is 8.20. The first-order valence-electron chi connectivity index (χ1n) is 6.51. The third-order valence-corrected chi connectivity index (χ3v) is 3.84. The van der Waals surface area contributed by atoms with E-state index < -0.39 is 0 Å². The summed E-state index contributed by atoms with van der Waals surface area (Å²) in [5, 5.41) is 3.37. The molecule has 1 aliphatic carbocycles. The van der Waals surface area contributed by atoms with E-state index in [0.29, 0.717) is 6.04 Å². The third kappa shape index (κ3) is 2.90. The Bertz CT molecular complexity index is 370. The van der Waals surface area contributed by atoms with Gasteiger partial charge in [-0.3, -0.25) is 0 Å². The molecule has 1 aromatic carbocycles. The minimum absolute atomic E-state index is 0.241. The molecule has 2 rings (SSSR count). The summed E-state index contributed by atoms with van der Waals surface area (Å²) in [6.07, 6.45) is 6.13. The zero-order valence-electron chi connectivity index (χ0n) is 10.4. The maximum atomic E-state index is 13.3. The Morgan fingerprint density at radius 1 is 1.29 bits per heavy atom. The van der Waals surface area contributed by atoms with Crippen molar-refractivity contribution in [2.24, 2.45) is 5.92 Å². The first kappa shape index (κ1) is 12.2. The molecule has 17 heavy (non-hydrogen) atoms. The van der Waals surface area contributed by atoms with E-state index >= 15 is 0 Å². The number of halogens is 1. The van der Waals surface area contributed by atoms with Crippen LogP contribution >= 0.6 is 0 Å². The van der Waals surface area contributed by atoms with Crippen LogP contribution in [0.15, 0.2) is 18.2 Å². The van der Waals surface area contributed by atoms with Crippen LogP contribution in [-0.2, 0) is 0 Å². The molecule has 0 amide bonds. The molecule has 1 saturated carbocycles. The largest absolute Gasteiger partial charge is 0.395 e. The van der Waals surface area contributed by atoms with Gasteiger partial charge in [0.2, 0.25) is 0 Å². The number of nitrogens with two attached hydrogens (primary N) is 1. The number of anilines is 2. The second-order valence-electron chi connectivity index (χ2n) is 4.97. The maximum absolute atomic E-state index is 13.3. The van der Waals surface area contributed by atoms with E-state index in [1.54, 1.807) is 6.07 Å². The zero-order valence-corrected chi connectivity index (χ0v) is 10.4. The Hall–Kier alpha value is -1.25. The summed E-state index contributed by atoms with van der Waals surface area (Å²) in [4.78, 5) is 0. The van der Waals surface area contributed by atoms with Crippen LogP contribution in [0.3, 0.4) is 0 Å². The number of hydrogen-bond donors (Lipinski definition) is 2. The van der Waals surface area contributed by atoms with E-state index in [1.807, 2.05) is 6.07 Å². The first-order valence-corrected chi connectivity index (χ1v) is 6.51. The normalized spacial score (nSPS) is 24.6. The van der Waals surface area contributed by atoms with Gasteiger partial charge in [-0.25, -0.2) is 4.39 Å². The lowest BCUT2D eigenvalue weighted by molar-refractivity contribution is 0.330. The highest BCUT2D eigenvalue weighted by Crippen LogP contribution is 2.30. The molecule has 1 fully saturated rings. The van der Waals surface area contributed by atoms with E-state index in [0.717, 1.165) is 24.4 Å². The van der Waals surface area contributed by atoms with Crippen LogP contribution < -0.4 is 11.1 Å². The van der Waals surface area contributed by atoms with Crippen LogP contribution in [0, 0.1) is 11.7 Å². The fraction of sp³-hybridized carbons (Fsp3) is 0.571. The van der Waals surface area contributed by atoms with Crippen LogP contribution in [0.4, 0.5) is 15.8 Å². The van der Waals surface area contributed by atoms with Crippen molar-refractivity contribution in [3.8, 4) is 0 Å². The fourth-order valence-electron chi connectivity index (χ4n) is 2.60. The predicted molar refractivity (Wildman–Crippen MR) is 70.5 cm³/mol. The summed E-state index contributed by atoms with van der Waals surface area (Å²) in [6.45, 7) is 2.25. The topological polar surface area (TPSA) is 38.0 Å². The lowest BCUT2D eigenvalue weighted by atomic mass is 9.84. The van der Waals surface area contributed by atoms with Gasteiger partial charge in [-0.05, 0) is 43.7 Å². The molecule has 0 bridgehead atoms. The van der Waals surface area contributed by atoms with Crippen molar-refractivity contribution in [3.63, 3.8) is 0 Å². The highest BCUT2D eigenvalue weighted by Gasteiger charge is 2.20. The van der Waals surface area contributed by atoms with Crippen molar-refractivity contribution in [2.75, 3.05) is 11.1 Å². The third-order valence-electron chi connectivity index (χ3n) is 3.84. The highest BCUT2D eigenvalue weighted by atomic mass is 19.1. The maximum Gasteiger partial charge on any atom is 0.148 e. The molecule has 0 spiro atoms.